The van der Waals surface area contributed by atoms with Crippen LogP contribution < -0.4 is 0 Å². The third kappa shape index (κ3) is 2.84. The molecule has 1 aliphatic carbocycles. The zero-order valence-corrected chi connectivity index (χ0v) is 18.8. The van der Waals surface area contributed by atoms with Crippen LogP contribution in [0.25, 0.3) is 55.5 Å². The second-order valence-corrected chi connectivity index (χ2v) is 7.61. The summed E-state index contributed by atoms with van der Waals surface area (Å²) in [5.74, 6) is 0. The van der Waals surface area contributed by atoms with Crippen LogP contribution in [0, 0.1) is 13.0 Å². The fraction of sp³-hybridized carbons (Fsp3) is 0.0357. The zero-order chi connectivity index (χ0) is 19.4. The Bertz CT molecular complexity index is 1400. The van der Waals surface area contributed by atoms with Crippen molar-refractivity contribution >= 4 is 10.9 Å². The summed E-state index contributed by atoms with van der Waals surface area (Å²) >= 11 is 0. The number of nitrogens with zero attached hydrogens (tertiary/aromatic N) is 1. The van der Waals surface area contributed by atoms with E-state index in [9.17, 15) is 0 Å². The van der Waals surface area contributed by atoms with Gasteiger partial charge in [0.25, 0.3) is 0 Å². The molecule has 1 radical (unpaired) electrons. The van der Waals surface area contributed by atoms with E-state index >= 15 is 0 Å². The molecule has 0 atom stereocenters. The smallest absolute Gasteiger partial charge is 0.0608 e. The van der Waals surface area contributed by atoms with E-state index < -0.39 is 0 Å². The number of pyridine rings is 1. The molecule has 0 unspecified atom stereocenters. The molecule has 1 aromatic heterocycles. The average molecular weight is 561 g/mol. The molecule has 0 amide bonds. The van der Waals surface area contributed by atoms with Crippen molar-refractivity contribution in [2.45, 2.75) is 6.92 Å². The van der Waals surface area contributed by atoms with Crippen molar-refractivity contribution in [3.63, 3.8) is 0 Å². The Morgan fingerprint density at radius 2 is 1.47 bits per heavy atom. The predicted molar refractivity (Wildman–Crippen MR) is 121 cm³/mol. The Labute approximate surface area is 189 Å². The minimum absolute atomic E-state index is 0. The van der Waals surface area contributed by atoms with Crippen molar-refractivity contribution < 1.29 is 20.1 Å². The molecule has 4 aromatic carbocycles. The Kier molecular flexibility index (Phi) is 4.62. The third-order valence-electron chi connectivity index (χ3n) is 5.85. The van der Waals surface area contributed by atoms with Crippen molar-refractivity contribution in [1.82, 2.24) is 4.98 Å². The molecule has 0 aliphatic heterocycles. The molecule has 2 heteroatoms. The van der Waals surface area contributed by atoms with Crippen LogP contribution >= 0.6 is 0 Å². The van der Waals surface area contributed by atoms with E-state index in [-0.39, 0.29) is 20.1 Å². The average Bonchev–Trinajstić information content (AvgIpc) is 3.13. The van der Waals surface area contributed by atoms with Gasteiger partial charge in [0.2, 0.25) is 0 Å². The van der Waals surface area contributed by atoms with E-state index in [1.807, 2.05) is 12.1 Å². The maximum Gasteiger partial charge on any atom is 0.0608 e. The van der Waals surface area contributed by atoms with Crippen molar-refractivity contribution in [3.8, 4) is 44.6 Å². The number of hydrogen-bond acceptors (Lipinski definition) is 1. The molecule has 0 saturated carbocycles. The molecule has 0 fully saturated rings. The normalized spacial score (nSPS) is 11.2. The maximum absolute atomic E-state index is 5.03. The third-order valence-corrected chi connectivity index (χ3v) is 5.85. The van der Waals surface area contributed by atoms with Gasteiger partial charge >= 0.3 is 0 Å². The first-order valence-corrected chi connectivity index (χ1v) is 9.91. The molecule has 0 bridgehead atoms. The standard InChI is InChI=1S/C28H18N.Ir/c1-18-14-15-25-28-24(22-12-5-6-13-23(22)27(18)28)17-26(29-25)21-11-7-10-20(16-21)19-8-3-2-4-9-19;/h2-10,12-17H,1H3;/q-1;. The first-order chi connectivity index (χ1) is 14.3. The molecular weight excluding hydrogens is 543 g/mol. The molecule has 1 heterocycles. The van der Waals surface area contributed by atoms with Gasteiger partial charge in [-0.15, -0.1) is 35.4 Å². The van der Waals surface area contributed by atoms with Crippen LogP contribution in [0.2, 0.25) is 0 Å². The van der Waals surface area contributed by atoms with Gasteiger partial charge in [0.1, 0.15) is 0 Å². The van der Waals surface area contributed by atoms with Crippen molar-refractivity contribution in [2.24, 2.45) is 0 Å². The van der Waals surface area contributed by atoms with E-state index in [1.165, 1.54) is 44.3 Å². The van der Waals surface area contributed by atoms with Gasteiger partial charge in [-0.1, -0.05) is 66.7 Å². The second kappa shape index (κ2) is 7.32. The molecule has 5 aromatic rings. The van der Waals surface area contributed by atoms with E-state index in [0.29, 0.717) is 0 Å². The molecule has 1 aliphatic rings. The largest absolute Gasteiger partial charge is 0.296 e. The summed E-state index contributed by atoms with van der Waals surface area (Å²) in [6.07, 6.45) is 0. The minimum Gasteiger partial charge on any atom is -0.296 e. The van der Waals surface area contributed by atoms with Crippen LogP contribution in [0.4, 0.5) is 0 Å². The first-order valence-electron chi connectivity index (χ1n) is 9.91. The van der Waals surface area contributed by atoms with Crippen LogP contribution in [0.3, 0.4) is 0 Å². The summed E-state index contributed by atoms with van der Waals surface area (Å²) in [7, 11) is 0. The van der Waals surface area contributed by atoms with Gasteiger partial charge in [0.15, 0.2) is 0 Å². The fourth-order valence-corrected chi connectivity index (χ4v) is 4.49. The van der Waals surface area contributed by atoms with Gasteiger partial charge in [-0.2, -0.15) is 0 Å². The van der Waals surface area contributed by atoms with Crippen LogP contribution in [0.15, 0.2) is 91.0 Å². The molecule has 30 heavy (non-hydrogen) atoms. The van der Waals surface area contributed by atoms with Crippen molar-refractivity contribution in [1.29, 1.82) is 0 Å². The Balaban J connectivity index is 0.00000193. The number of fused-ring (bicyclic) bond motifs is 3. The number of rotatable bonds is 2. The predicted octanol–water partition coefficient (Wildman–Crippen LogP) is 7.32. The van der Waals surface area contributed by atoms with Gasteiger partial charge in [0, 0.05) is 25.5 Å². The topological polar surface area (TPSA) is 12.9 Å². The number of aryl methyl sites for hydroxylation is 1. The monoisotopic (exact) mass is 561 g/mol. The van der Waals surface area contributed by atoms with Crippen molar-refractivity contribution in [3.05, 3.63) is 103 Å². The summed E-state index contributed by atoms with van der Waals surface area (Å²) in [5.41, 5.74) is 11.9. The van der Waals surface area contributed by atoms with E-state index in [4.69, 9.17) is 4.98 Å². The summed E-state index contributed by atoms with van der Waals surface area (Å²) in [6, 6.07) is 35.4. The summed E-state index contributed by atoms with van der Waals surface area (Å²) in [6.45, 7) is 2.19. The Morgan fingerprint density at radius 1 is 0.700 bits per heavy atom. The zero-order valence-electron chi connectivity index (χ0n) is 16.4. The van der Waals surface area contributed by atoms with Crippen LogP contribution in [-0.4, -0.2) is 4.98 Å². The van der Waals surface area contributed by atoms with Gasteiger partial charge in [0.05, 0.1) is 5.52 Å². The molecule has 0 N–H and O–H groups in total. The number of benzene rings is 4. The van der Waals surface area contributed by atoms with E-state index in [0.717, 1.165) is 16.8 Å². The summed E-state index contributed by atoms with van der Waals surface area (Å²) < 4.78 is 0. The number of hydrogen-bond donors (Lipinski definition) is 0. The fourth-order valence-electron chi connectivity index (χ4n) is 4.49. The van der Waals surface area contributed by atoms with E-state index in [1.54, 1.807) is 0 Å². The maximum atomic E-state index is 5.03. The Morgan fingerprint density at radius 3 is 2.30 bits per heavy atom. The van der Waals surface area contributed by atoms with Crippen molar-refractivity contribution in [2.75, 3.05) is 0 Å². The van der Waals surface area contributed by atoms with Crippen LogP contribution in [-0.2, 0) is 20.1 Å². The van der Waals surface area contributed by atoms with Gasteiger partial charge in [-0.3, -0.25) is 4.98 Å². The molecular formula is C28H18IrN-. The molecule has 1 nitrogen and oxygen atoms in total. The minimum atomic E-state index is 0. The SMILES string of the molecule is Cc1ccc2nc(-c3[c-]ccc(-c4ccccc4)c3)cc3c2c1-c1ccccc1-3.[Ir]. The second-order valence-electron chi connectivity index (χ2n) is 7.61. The Hall–Kier alpha value is -3.06. The van der Waals surface area contributed by atoms with Gasteiger partial charge < -0.3 is 0 Å². The molecule has 0 saturated heterocycles. The number of aromatic nitrogens is 1. The van der Waals surface area contributed by atoms with Crippen LogP contribution in [0.5, 0.6) is 0 Å². The summed E-state index contributed by atoms with van der Waals surface area (Å²) in [4.78, 5) is 5.03. The van der Waals surface area contributed by atoms with E-state index in [2.05, 4.69) is 91.9 Å². The van der Waals surface area contributed by atoms with Crippen LogP contribution in [0.1, 0.15) is 5.56 Å². The quantitative estimate of drug-likeness (QED) is 0.202. The first kappa shape index (κ1) is 18.9. The molecule has 145 valence electrons. The molecule has 0 spiro atoms. The van der Waals surface area contributed by atoms with Gasteiger partial charge in [-0.25, -0.2) is 0 Å². The summed E-state index contributed by atoms with van der Waals surface area (Å²) in [5, 5.41) is 1.27. The molecule has 6 rings (SSSR count). The van der Waals surface area contributed by atoms with Gasteiger partial charge in [-0.05, 0) is 52.1 Å².